The van der Waals surface area contributed by atoms with Crippen LogP contribution in [0.1, 0.15) is 57.8 Å². The summed E-state index contributed by atoms with van der Waals surface area (Å²) >= 11 is 0. The maximum Gasteiger partial charge on any atom is 0.0752 e. The van der Waals surface area contributed by atoms with Crippen LogP contribution in [0.4, 0.5) is 0 Å². The predicted molar refractivity (Wildman–Crippen MR) is 59.1 cm³/mol. The first-order valence-electron chi connectivity index (χ1n) is 6.23. The highest BCUT2D eigenvalue weighted by Crippen LogP contribution is 2.31. The molecule has 1 nitrogen and oxygen atoms in total. The average molecular weight is 194 g/mol. The smallest absolute Gasteiger partial charge is 0.0752 e. The van der Waals surface area contributed by atoms with Crippen LogP contribution in [0.2, 0.25) is 0 Å². The molecule has 14 heavy (non-hydrogen) atoms. The lowest BCUT2D eigenvalue weighted by Gasteiger charge is -2.21. The minimum atomic E-state index is -0.113. The molecular formula is C13H22O. The Labute approximate surface area is 87.2 Å². The second kappa shape index (κ2) is 4.97. The molecule has 1 fully saturated rings. The maximum atomic E-state index is 10.1. The average Bonchev–Trinajstić information content (AvgIpc) is 2.72. The SMILES string of the molecule is OC(CC1CCCC1)C1=CCCCC1. The van der Waals surface area contributed by atoms with Gasteiger partial charge in [0.15, 0.2) is 0 Å². The molecule has 1 unspecified atom stereocenters. The van der Waals surface area contributed by atoms with Gasteiger partial charge in [-0.15, -0.1) is 0 Å². The van der Waals surface area contributed by atoms with Gasteiger partial charge in [-0.25, -0.2) is 0 Å². The largest absolute Gasteiger partial charge is 0.389 e. The number of allylic oxidation sites excluding steroid dienone is 1. The summed E-state index contributed by atoms with van der Waals surface area (Å²) in [6.07, 6.45) is 13.6. The van der Waals surface area contributed by atoms with E-state index in [2.05, 4.69) is 6.08 Å². The van der Waals surface area contributed by atoms with Gasteiger partial charge in [-0.2, -0.15) is 0 Å². The minimum absolute atomic E-state index is 0.113. The summed E-state index contributed by atoms with van der Waals surface area (Å²) in [5.41, 5.74) is 1.34. The molecule has 0 amide bonds. The van der Waals surface area contributed by atoms with E-state index in [1.807, 2.05) is 0 Å². The van der Waals surface area contributed by atoms with Crippen molar-refractivity contribution in [2.75, 3.05) is 0 Å². The molecule has 0 heterocycles. The summed E-state index contributed by atoms with van der Waals surface area (Å²) in [6.45, 7) is 0. The molecule has 0 saturated heterocycles. The highest BCUT2D eigenvalue weighted by molar-refractivity contribution is 5.10. The topological polar surface area (TPSA) is 20.2 Å². The van der Waals surface area contributed by atoms with Crippen molar-refractivity contribution < 1.29 is 5.11 Å². The lowest BCUT2D eigenvalue weighted by Crippen LogP contribution is -2.16. The minimum Gasteiger partial charge on any atom is -0.389 e. The van der Waals surface area contributed by atoms with Crippen molar-refractivity contribution in [1.82, 2.24) is 0 Å². The summed E-state index contributed by atoms with van der Waals surface area (Å²) in [7, 11) is 0. The van der Waals surface area contributed by atoms with Crippen LogP contribution in [0.15, 0.2) is 11.6 Å². The van der Waals surface area contributed by atoms with Crippen molar-refractivity contribution in [2.45, 2.75) is 63.9 Å². The van der Waals surface area contributed by atoms with Gasteiger partial charge >= 0.3 is 0 Å². The third-order valence-electron chi connectivity index (χ3n) is 3.79. The van der Waals surface area contributed by atoms with E-state index >= 15 is 0 Å². The van der Waals surface area contributed by atoms with E-state index in [4.69, 9.17) is 0 Å². The summed E-state index contributed by atoms with van der Waals surface area (Å²) in [5.74, 6) is 0.813. The molecule has 1 N–H and O–H groups in total. The van der Waals surface area contributed by atoms with Crippen LogP contribution in [-0.4, -0.2) is 11.2 Å². The van der Waals surface area contributed by atoms with Crippen molar-refractivity contribution in [3.05, 3.63) is 11.6 Å². The molecule has 0 aromatic carbocycles. The predicted octanol–water partition coefficient (Wildman–Crippen LogP) is 3.43. The van der Waals surface area contributed by atoms with Gasteiger partial charge in [0.1, 0.15) is 0 Å². The highest BCUT2D eigenvalue weighted by atomic mass is 16.3. The van der Waals surface area contributed by atoms with Gasteiger partial charge in [-0.3, -0.25) is 0 Å². The van der Waals surface area contributed by atoms with Crippen LogP contribution in [0, 0.1) is 5.92 Å². The van der Waals surface area contributed by atoms with E-state index in [-0.39, 0.29) is 6.10 Å². The molecular weight excluding hydrogens is 172 g/mol. The van der Waals surface area contributed by atoms with E-state index in [0.29, 0.717) is 0 Å². The van der Waals surface area contributed by atoms with E-state index in [9.17, 15) is 5.11 Å². The Morgan fingerprint density at radius 1 is 1.21 bits per heavy atom. The third kappa shape index (κ3) is 2.60. The third-order valence-corrected chi connectivity index (χ3v) is 3.79. The van der Waals surface area contributed by atoms with Crippen LogP contribution in [0.5, 0.6) is 0 Å². The number of aliphatic hydroxyl groups is 1. The van der Waals surface area contributed by atoms with Gasteiger partial charge in [0, 0.05) is 0 Å². The molecule has 0 bridgehead atoms. The molecule has 1 heteroatoms. The first kappa shape index (κ1) is 10.2. The lowest BCUT2D eigenvalue weighted by molar-refractivity contribution is 0.170. The zero-order chi connectivity index (χ0) is 9.80. The second-order valence-corrected chi connectivity index (χ2v) is 4.93. The molecule has 0 aromatic rings. The van der Waals surface area contributed by atoms with Gasteiger partial charge in [-0.1, -0.05) is 31.8 Å². The summed E-state index contributed by atoms with van der Waals surface area (Å²) in [4.78, 5) is 0. The first-order chi connectivity index (χ1) is 6.86. The van der Waals surface area contributed by atoms with Crippen molar-refractivity contribution in [1.29, 1.82) is 0 Å². The summed E-state index contributed by atoms with van der Waals surface area (Å²) < 4.78 is 0. The van der Waals surface area contributed by atoms with Gasteiger partial charge in [0.05, 0.1) is 6.10 Å². The fraction of sp³-hybridized carbons (Fsp3) is 0.846. The summed E-state index contributed by atoms with van der Waals surface area (Å²) in [5, 5.41) is 10.1. The van der Waals surface area contributed by atoms with Crippen LogP contribution in [-0.2, 0) is 0 Å². The Bertz CT molecular complexity index is 201. The molecule has 0 aromatic heterocycles. The summed E-state index contributed by atoms with van der Waals surface area (Å²) in [6, 6.07) is 0. The molecule has 0 aliphatic heterocycles. The van der Waals surface area contributed by atoms with Crippen LogP contribution in [0.25, 0.3) is 0 Å². The first-order valence-corrected chi connectivity index (χ1v) is 6.23. The van der Waals surface area contributed by atoms with E-state index in [1.54, 1.807) is 0 Å². The van der Waals surface area contributed by atoms with Gasteiger partial charge in [0.2, 0.25) is 0 Å². The molecule has 0 radical (unpaired) electrons. The Morgan fingerprint density at radius 3 is 2.64 bits per heavy atom. The molecule has 2 aliphatic carbocycles. The number of rotatable bonds is 3. The Balaban J connectivity index is 1.81. The Morgan fingerprint density at radius 2 is 2.00 bits per heavy atom. The van der Waals surface area contributed by atoms with Crippen molar-refractivity contribution in [3.63, 3.8) is 0 Å². The molecule has 2 rings (SSSR count). The fourth-order valence-electron chi connectivity index (χ4n) is 2.88. The number of hydrogen-bond donors (Lipinski definition) is 1. The van der Waals surface area contributed by atoms with Gasteiger partial charge in [-0.05, 0) is 43.6 Å². The van der Waals surface area contributed by atoms with Crippen LogP contribution >= 0.6 is 0 Å². The second-order valence-electron chi connectivity index (χ2n) is 4.93. The molecule has 80 valence electrons. The Hall–Kier alpha value is -0.300. The molecule has 0 spiro atoms. The van der Waals surface area contributed by atoms with Crippen molar-refractivity contribution in [3.8, 4) is 0 Å². The van der Waals surface area contributed by atoms with Crippen LogP contribution < -0.4 is 0 Å². The lowest BCUT2D eigenvalue weighted by atomic mass is 9.89. The molecule has 1 saturated carbocycles. The van der Waals surface area contributed by atoms with Gasteiger partial charge in [0.25, 0.3) is 0 Å². The number of hydrogen-bond acceptors (Lipinski definition) is 1. The zero-order valence-corrected chi connectivity index (χ0v) is 9.04. The van der Waals surface area contributed by atoms with Crippen LogP contribution in [0.3, 0.4) is 0 Å². The Kier molecular flexibility index (Phi) is 3.63. The van der Waals surface area contributed by atoms with E-state index < -0.39 is 0 Å². The fourth-order valence-corrected chi connectivity index (χ4v) is 2.88. The van der Waals surface area contributed by atoms with Crippen molar-refractivity contribution in [2.24, 2.45) is 5.92 Å². The van der Waals surface area contributed by atoms with E-state index in [1.165, 1.54) is 50.5 Å². The van der Waals surface area contributed by atoms with E-state index in [0.717, 1.165) is 18.8 Å². The zero-order valence-electron chi connectivity index (χ0n) is 9.04. The standard InChI is InChI=1S/C13H22O/c14-13(10-11-6-4-5-7-11)12-8-2-1-3-9-12/h8,11,13-14H,1-7,9-10H2. The normalized spacial score (nSPS) is 26.2. The molecule has 2 aliphatic rings. The highest BCUT2D eigenvalue weighted by Gasteiger charge is 2.21. The maximum absolute atomic E-state index is 10.1. The number of aliphatic hydroxyl groups excluding tert-OH is 1. The monoisotopic (exact) mass is 194 g/mol. The van der Waals surface area contributed by atoms with Gasteiger partial charge < -0.3 is 5.11 Å². The molecule has 1 atom stereocenters. The van der Waals surface area contributed by atoms with Crippen molar-refractivity contribution >= 4 is 0 Å². The quantitative estimate of drug-likeness (QED) is 0.682.